The fourth-order valence-corrected chi connectivity index (χ4v) is 3.05. The van der Waals surface area contributed by atoms with E-state index in [1.165, 1.54) is 38.5 Å². The fourth-order valence-electron chi connectivity index (χ4n) is 3.05. The maximum Gasteiger partial charge on any atom is 0.314 e. The van der Waals surface area contributed by atoms with Crippen molar-refractivity contribution in [3.8, 4) is 0 Å². The smallest absolute Gasteiger partial charge is 0.314 e. The van der Waals surface area contributed by atoms with Crippen molar-refractivity contribution < 1.29 is 4.79 Å². The van der Waals surface area contributed by atoms with Gasteiger partial charge in [0.1, 0.15) is 0 Å². The van der Waals surface area contributed by atoms with Gasteiger partial charge in [-0.2, -0.15) is 0 Å². The predicted molar refractivity (Wildman–Crippen MR) is 122 cm³/mol. The molecule has 5 N–H and O–H groups in total. The zero-order valence-electron chi connectivity index (χ0n) is 19.2. The van der Waals surface area contributed by atoms with Gasteiger partial charge in [-0.3, -0.25) is 0 Å². The van der Waals surface area contributed by atoms with E-state index >= 15 is 0 Å². The van der Waals surface area contributed by atoms with Gasteiger partial charge in [0.2, 0.25) is 0 Å². The van der Waals surface area contributed by atoms with Crippen molar-refractivity contribution in [3.63, 3.8) is 0 Å². The molecule has 6 heteroatoms. The molecule has 0 rings (SSSR count). The first-order valence-corrected chi connectivity index (χ1v) is 11.8. The zero-order chi connectivity index (χ0) is 20.9. The zero-order valence-corrected chi connectivity index (χ0v) is 19.2. The number of hydrogen-bond donors (Lipinski definition) is 5. The molecule has 0 bridgehead atoms. The summed E-state index contributed by atoms with van der Waals surface area (Å²) in [6.45, 7) is 16.0. The summed E-state index contributed by atoms with van der Waals surface area (Å²) in [5.41, 5.74) is -0.0304. The standard InChI is InChI=1S/C22H49N5O/c1-5-9-13-23-17-22(18-24-14-10-6-2,19-25-15-11-7-3)20-27-21(28)26-16-12-8-4/h23-25H,5-20H2,1-4H3,(H2,26,27,28). The minimum absolute atomic E-state index is 0.0304. The van der Waals surface area contributed by atoms with E-state index in [1.54, 1.807) is 0 Å². The van der Waals surface area contributed by atoms with Crippen molar-refractivity contribution in [1.82, 2.24) is 26.6 Å². The number of carbonyl (C=O) groups excluding carboxylic acids is 1. The summed E-state index contributed by atoms with van der Waals surface area (Å²) in [4.78, 5) is 12.2. The van der Waals surface area contributed by atoms with Gasteiger partial charge < -0.3 is 26.6 Å². The number of amides is 2. The number of urea groups is 1. The van der Waals surface area contributed by atoms with Crippen molar-refractivity contribution >= 4 is 6.03 Å². The van der Waals surface area contributed by atoms with E-state index in [2.05, 4.69) is 54.3 Å². The summed E-state index contributed by atoms with van der Waals surface area (Å²) in [6.07, 6.45) is 9.27. The van der Waals surface area contributed by atoms with Crippen LogP contribution in [0.4, 0.5) is 4.79 Å². The quantitative estimate of drug-likeness (QED) is 0.204. The molecule has 28 heavy (non-hydrogen) atoms. The minimum atomic E-state index is -0.0477. The molecular formula is C22H49N5O. The molecule has 2 amide bonds. The lowest BCUT2D eigenvalue weighted by atomic mass is 9.86. The van der Waals surface area contributed by atoms with Crippen LogP contribution in [-0.4, -0.2) is 58.4 Å². The SMILES string of the molecule is CCCCNCC(CNCCCC)(CNCCCC)CNC(=O)NCCCC. The van der Waals surface area contributed by atoms with Crippen LogP contribution in [0.25, 0.3) is 0 Å². The van der Waals surface area contributed by atoms with Crippen molar-refractivity contribution in [3.05, 3.63) is 0 Å². The molecule has 0 saturated carbocycles. The third-order valence-electron chi connectivity index (χ3n) is 5.06. The average molecular weight is 400 g/mol. The Morgan fingerprint density at radius 1 is 0.571 bits per heavy atom. The summed E-state index contributed by atoms with van der Waals surface area (Å²) in [7, 11) is 0. The average Bonchev–Trinajstić information content (AvgIpc) is 2.70. The van der Waals surface area contributed by atoms with Crippen LogP contribution in [0.5, 0.6) is 0 Å². The van der Waals surface area contributed by atoms with Crippen molar-refractivity contribution in [2.45, 2.75) is 79.1 Å². The molecule has 0 fully saturated rings. The summed E-state index contributed by atoms with van der Waals surface area (Å²) in [5.74, 6) is 0. The molecule has 0 unspecified atom stereocenters. The summed E-state index contributed by atoms with van der Waals surface area (Å²) < 4.78 is 0. The van der Waals surface area contributed by atoms with Gasteiger partial charge >= 0.3 is 6.03 Å². The molecule has 0 aromatic carbocycles. The van der Waals surface area contributed by atoms with Crippen molar-refractivity contribution in [2.24, 2.45) is 5.41 Å². The first-order valence-electron chi connectivity index (χ1n) is 11.8. The molecule has 0 radical (unpaired) electrons. The molecule has 0 aromatic heterocycles. The lowest BCUT2D eigenvalue weighted by molar-refractivity contribution is 0.215. The Balaban J connectivity index is 4.82. The second-order valence-electron chi connectivity index (χ2n) is 8.05. The van der Waals surface area contributed by atoms with Gasteiger partial charge in [-0.15, -0.1) is 0 Å². The molecule has 0 aliphatic carbocycles. The van der Waals surface area contributed by atoms with Gasteiger partial charge in [-0.1, -0.05) is 53.4 Å². The lowest BCUT2D eigenvalue weighted by Gasteiger charge is -2.35. The Labute approximate surface area is 174 Å². The third kappa shape index (κ3) is 15.1. The van der Waals surface area contributed by atoms with Gasteiger partial charge in [0.25, 0.3) is 0 Å². The molecular weight excluding hydrogens is 350 g/mol. The first-order chi connectivity index (χ1) is 13.6. The molecule has 6 nitrogen and oxygen atoms in total. The van der Waals surface area contributed by atoms with E-state index < -0.39 is 0 Å². The van der Waals surface area contributed by atoms with Crippen LogP contribution in [0, 0.1) is 5.41 Å². The number of unbranched alkanes of at least 4 members (excludes halogenated alkanes) is 4. The van der Waals surface area contributed by atoms with Crippen molar-refractivity contribution in [1.29, 1.82) is 0 Å². The van der Waals surface area contributed by atoms with E-state index in [0.717, 1.165) is 58.7 Å². The maximum atomic E-state index is 12.2. The Bertz CT molecular complexity index is 321. The molecule has 0 heterocycles. The van der Waals surface area contributed by atoms with Crippen LogP contribution in [0.15, 0.2) is 0 Å². The number of carbonyl (C=O) groups is 1. The largest absolute Gasteiger partial charge is 0.338 e. The topological polar surface area (TPSA) is 77.2 Å². The Morgan fingerprint density at radius 2 is 0.964 bits per heavy atom. The van der Waals surface area contributed by atoms with E-state index in [0.29, 0.717) is 6.54 Å². The van der Waals surface area contributed by atoms with E-state index in [-0.39, 0.29) is 11.4 Å². The molecule has 0 aromatic rings. The Hall–Kier alpha value is -0.850. The monoisotopic (exact) mass is 399 g/mol. The van der Waals surface area contributed by atoms with Crippen molar-refractivity contribution in [2.75, 3.05) is 52.4 Å². The van der Waals surface area contributed by atoms with Crippen LogP contribution < -0.4 is 26.6 Å². The van der Waals surface area contributed by atoms with E-state index in [1.807, 2.05) is 0 Å². The first kappa shape index (κ1) is 27.1. The number of rotatable bonds is 20. The van der Waals surface area contributed by atoms with Gasteiger partial charge in [0, 0.05) is 38.1 Å². The van der Waals surface area contributed by atoms with Gasteiger partial charge in [0.15, 0.2) is 0 Å². The van der Waals surface area contributed by atoms with Crippen LogP contribution in [0.3, 0.4) is 0 Å². The third-order valence-corrected chi connectivity index (χ3v) is 5.06. The Morgan fingerprint density at radius 3 is 1.36 bits per heavy atom. The van der Waals surface area contributed by atoms with Gasteiger partial charge in [0.05, 0.1) is 0 Å². The van der Waals surface area contributed by atoms with Crippen LogP contribution in [0.2, 0.25) is 0 Å². The Kier molecular flexibility index (Phi) is 18.9. The number of hydrogen-bond acceptors (Lipinski definition) is 4. The van der Waals surface area contributed by atoms with E-state index in [4.69, 9.17) is 0 Å². The number of nitrogens with one attached hydrogen (secondary N) is 5. The molecule has 168 valence electrons. The molecule has 0 aliphatic rings. The predicted octanol–water partition coefficient (Wildman–Crippen LogP) is 3.24. The second-order valence-corrected chi connectivity index (χ2v) is 8.05. The van der Waals surface area contributed by atoms with Crippen LogP contribution in [0.1, 0.15) is 79.1 Å². The summed E-state index contributed by atoms with van der Waals surface area (Å²) in [6, 6.07) is -0.0477. The van der Waals surface area contributed by atoms with E-state index in [9.17, 15) is 4.79 Å². The highest BCUT2D eigenvalue weighted by molar-refractivity contribution is 5.73. The molecule has 0 saturated heterocycles. The highest BCUT2D eigenvalue weighted by Gasteiger charge is 2.30. The molecule has 0 aliphatic heterocycles. The highest BCUT2D eigenvalue weighted by Crippen LogP contribution is 2.14. The van der Waals surface area contributed by atoms with Gasteiger partial charge in [-0.25, -0.2) is 4.79 Å². The normalized spacial score (nSPS) is 11.6. The fraction of sp³-hybridized carbons (Fsp3) is 0.955. The second kappa shape index (κ2) is 19.5. The minimum Gasteiger partial charge on any atom is -0.338 e. The summed E-state index contributed by atoms with van der Waals surface area (Å²) >= 11 is 0. The summed E-state index contributed by atoms with van der Waals surface area (Å²) in [5, 5.41) is 17.0. The maximum absolute atomic E-state index is 12.2. The molecule has 0 atom stereocenters. The molecule has 0 spiro atoms. The highest BCUT2D eigenvalue weighted by atomic mass is 16.2. The van der Waals surface area contributed by atoms with Crippen LogP contribution >= 0.6 is 0 Å². The van der Waals surface area contributed by atoms with Gasteiger partial charge in [-0.05, 0) is 45.3 Å². The lowest BCUT2D eigenvalue weighted by Crippen LogP contribution is -2.56. The van der Waals surface area contributed by atoms with Crippen LogP contribution in [-0.2, 0) is 0 Å².